The number of carbonyl (C=O) groups is 2. The van der Waals surface area contributed by atoms with Crippen LogP contribution in [0, 0.1) is 0 Å². The predicted molar refractivity (Wildman–Crippen MR) is 81.0 cm³/mol. The molecule has 2 rings (SSSR count). The zero-order valence-corrected chi connectivity index (χ0v) is 11.5. The van der Waals surface area contributed by atoms with E-state index >= 15 is 0 Å². The van der Waals surface area contributed by atoms with Crippen LogP contribution in [0.3, 0.4) is 0 Å². The summed E-state index contributed by atoms with van der Waals surface area (Å²) >= 11 is 0. The normalized spacial score (nSPS) is 11.5. The van der Waals surface area contributed by atoms with Gasteiger partial charge in [-0.2, -0.15) is 0 Å². The number of hydrogen-bond donors (Lipinski definition) is 2. The van der Waals surface area contributed by atoms with Gasteiger partial charge in [-0.15, -0.1) is 0 Å². The predicted octanol–water partition coefficient (Wildman–Crippen LogP) is 3.56. The van der Waals surface area contributed by atoms with Gasteiger partial charge in [0.15, 0.2) is 0 Å². The molecule has 0 fully saturated rings. The van der Waals surface area contributed by atoms with E-state index in [4.69, 9.17) is 5.11 Å². The minimum Gasteiger partial charge on any atom is -0.481 e. The molecule has 2 N–H and O–H groups in total. The SMILES string of the molecule is O=C(O)CCCC(=Cc1cccc2ccccc12)C(=O)O. The Bertz CT molecular complexity index is 696. The number of carboxylic acid groups (broad SMARTS) is 2. The highest BCUT2D eigenvalue weighted by molar-refractivity contribution is 5.97. The van der Waals surface area contributed by atoms with Gasteiger partial charge in [-0.1, -0.05) is 42.5 Å². The molecule has 0 heterocycles. The molecule has 4 heteroatoms. The van der Waals surface area contributed by atoms with Crippen molar-refractivity contribution in [1.29, 1.82) is 0 Å². The van der Waals surface area contributed by atoms with Crippen molar-refractivity contribution in [3.63, 3.8) is 0 Å². The molecule has 0 aromatic heterocycles. The highest BCUT2D eigenvalue weighted by Gasteiger charge is 2.09. The zero-order valence-electron chi connectivity index (χ0n) is 11.5. The summed E-state index contributed by atoms with van der Waals surface area (Å²) in [6.07, 6.45) is 2.16. The summed E-state index contributed by atoms with van der Waals surface area (Å²) in [6, 6.07) is 13.5. The van der Waals surface area contributed by atoms with Gasteiger partial charge in [-0.05, 0) is 35.3 Å². The van der Waals surface area contributed by atoms with Crippen LogP contribution in [0.5, 0.6) is 0 Å². The van der Waals surface area contributed by atoms with E-state index in [1.807, 2.05) is 42.5 Å². The Balaban J connectivity index is 2.31. The minimum atomic E-state index is -1.01. The van der Waals surface area contributed by atoms with Gasteiger partial charge >= 0.3 is 11.9 Å². The molecule has 0 spiro atoms. The number of fused-ring (bicyclic) bond motifs is 1. The average molecular weight is 284 g/mol. The summed E-state index contributed by atoms with van der Waals surface area (Å²) in [5, 5.41) is 19.9. The molecule has 0 atom stereocenters. The molecule has 0 radical (unpaired) electrons. The third-order valence-electron chi connectivity index (χ3n) is 3.26. The second-order valence-electron chi connectivity index (χ2n) is 4.79. The molecule has 2 aromatic carbocycles. The Hall–Kier alpha value is -2.62. The molecule has 0 amide bonds. The minimum absolute atomic E-state index is 0.0276. The van der Waals surface area contributed by atoms with E-state index in [2.05, 4.69) is 0 Å². The van der Waals surface area contributed by atoms with E-state index in [1.165, 1.54) is 0 Å². The molecule has 2 aromatic rings. The quantitative estimate of drug-likeness (QED) is 0.795. The molecule has 0 saturated carbocycles. The number of hydrogen-bond acceptors (Lipinski definition) is 2. The second kappa shape index (κ2) is 6.70. The van der Waals surface area contributed by atoms with Crippen LogP contribution in [-0.2, 0) is 9.59 Å². The van der Waals surface area contributed by atoms with Crippen LogP contribution in [-0.4, -0.2) is 22.2 Å². The van der Waals surface area contributed by atoms with Crippen LogP contribution in [0.2, 0.25) is 0 Å². The van der Waals surface area contributed by atoms with E-state index < -0.39 is 11.9 Å². The highest BCUT2D eigenvalue weighted by Crippen LogP contribution is 2.22. The maximum Gasteiger partial charge on any atom is 0.331 e. The van der Waals surface area contributed by atoms with Crippen molar-refractivity contribution < 1.29 is 19.8 Å². The number of aliphatic carboxylic acids is 2. The first-order chi connectivity index (χ1) is 10.1. The first-order valence-electron chi connectivity index (χ1n) is 6.71. The Kier molecular flexibility index (Phi) is 4.72. The topological polar surface area (TPSA) is 74.6 Å². The fourth-order valence-corrected chi connectivity index (χ4v) is 2.23. The molecule has 0 aliphatic heterocycles. The van der Waals surface area contributed by atoms with Crippen LogP contribution < -0.4 is 0 Å². The molecule has 108 valence electrons. The van der Waals surface area contributed by atoms with Crippen molar-refractivity contribution in [1.82, 2.24) is 0 Å². The van der Waals surface area contributed by atoms with E-state index in [0.717, 1.165) is 16.3 Å². The van der Waals surface area contributed by atoms with E-state index in [1.54, 1.807) is 6.08 Å². The summed E-state index contributed by atoms with van der Waals surface area (Å²) in [7, 11) is 0. The molecule has 4 nitrogen and oxygen atoms in total. The van der Waals surface area contributed by atoms with Crippen molar-refractivity contribution in [2.75, 3.05) is 0 Å². The molecule has 0 aliphatic carbocycles. The van der Waals surface area contributed by atoms with Crippen molar-refractivity contribution in [3.8, 4) is 0 Å². The molecule has 21 heavy (non-hydrogen) atoms. The van der Waals surface area contributed by atoms with Crippen LogP contribution in [0.1, 0.15) is 24.8 Å². The summed E-state index contributed by atoms with van der Waals surface area (Å²) in [5.74, 6) is -1.92. The van der Waals surface area contributed by atoms with Gasteiger partial charge in [0, 0.05) is 12.0 Å². The molecule has 0 bridgehead atoms. The van der Waals surface area contributed by atoms with Gasteiger partial charge < -0.3 is 10.2 Å². The van der Waals surface area contributed by atoms with Crippen molar-refractivity contribution in [2.45, 2.75) is 19.3 Å². The van der Waals surface area contributed by atoms with E-state index in [-0.39, 0.29) is 18.4 Å². The van der Waals surface area contributed by atoms with Gasteiger partial charge in [0.2, 0.25) is 0 Å². The van der Waals surface area contributed by atoms with Gasteiger partial charge in [0.25, 0.3) is 0 Å². The van der Waals surface area contributed by atoms with Crippen LogP contribution in [0.4, 0.5) is 0 Å². The maximum atomic E-state index is 11.3. The van der Waals surface area contributed by atoms with E-state index in [0.29, 0.717) is 6.42 Å². The monoisotopic (exact) mass is 284 g/mol. The lowest BCUT2D eigenvalue weighted by Gasteiger charge is -2.05. The molecular formula is C17H16O4. The van der Waals surface area contributed by atoms with Gasteiger partial charge in [0.1, 0.15) is 0 Å². The van der Waals surface area contributed by atoms with Gasteiger partial charge in [-0.25, -0.2) is 4.79 Å². The highest BCUT2D eigenvalue weighted by atomic mass is 16.4. The van der Waals surface area contributed by atoms with Gasteiger partial charge in [-0.3, -0.25) is 4.79 Å². The first kappa shape index (κ1) is 14.8. The van der Waals surface area contributed by atoms with Crippen LogP contribution in [0.25, 0.3) is 16.8 Å². The smallest absolute Gasteiger partial charge is 0.331 e. The fourth-order valence-electron chi connectivity index (χ4n) is 2.23. The lowest BCUT2D eigenvalue weighted by Crippen LogP contribution is -2.02. The Morgan fingerprint density at radius 2 is 1.67 bits per heavy atom. The number of benzene rings is 2. The number of carboxylic acids is 2. The lowest BCUT2D eigenvalue weighted by molar-refractivity contribution is -0.137. The summed E-state index contributed by atoms with van der Waals surface area (Å²) < 4.78 is 0. The first-order valence-corrected chi connectivity index (χ1v) is 6.71. The standard InChI is InChI=1S/C17H16O4/c18-16(19)10-4-8-14(17(20)21)11-13-7-3-6-12-5-1-2-9-15(12)13/h1-3,5-7,9,11H,4,8,10H2,(H,18,19)(H,20,21). The lowest BCUT2D eigenvalue weighted by atomic mass is 10.0. The molecule has 0 unspecified atom stereocenters. The van der Waals surface area contributed by atoms with Crippen molar-refractivity contribution in [3.05, 3.63) is 53.6 Å². The zero-order chi connectivity index (χ0) is 15.2. The molecule has 0 saturated heterocycles. The average Bonchev–Trinajstić information content (AvgIpc) is 2.46. The Morgan fingerprint density at radius 3 is 2.38 bits per heavy atom. The molecule has 0 aliphatic rings. The van der Waals surface area contributed by atoms with Crippen LogP contribution in [0.15, 0.2) is 48.0 Å². The molecular weight excluding hydrogens is 268 g/mol. The third-order valence-corrected chi connectivity index (χ3v) is 3.26. The Morgan fingerprint density at radius 1 is 0.952 bits per heavy atom. The second-order valence-corrected chi connectivity index (χ2v) is 4.79. The van der Waals surface area contributed by atoms with E-state index in [9.17, 15) is 14.7 Å². The maximum absolute atomic E-state index is 11.3. The van der Waals surface area contributed by atoms with Gasteiger partial charge in [0.05, 0.1) is 0 Å². The van der Waals surface area contributed by atoms with Crippen LogP contribution >= 0.6 is 0 Å². The number of rotatable bonds is 6. The fraction of sp³-hybridized carbons (Fsp3) is 0.176. The largest absolute Gasteiger partial charge is 0.481 e. The summed E-state index contributed by atoms with van der Waals surface area (Å²) in [5.41, 5.74) is 1.06. The van der Waals surface area contributed by atoms with Crippen molar-refractivity contribution >= 4 is 28.8 Å². The Labute approximate surface area is 122 Å². The van der Waals surface area contributed by atoms with Crippen molar-refractivity contribution in [2.24, 2.45) is 0 Å². The summed E-state index contributed by atoms with van der Waals surface area (Å²) in [4.78, 5) is 21.8. The third kappa shape index (κ3) is 3.92. The summed E-state index contributed by atoms with van der Waals surface area (Å²) in [6.45, 7) is 0.